The fourth-order valence-corrected chi connectivity index (χ4v) is 1.95. The summed E-state index contributed by atoms with van der Waals surface area (Å²) >= 11 is 2.91. The number of carbonyl (C=O) groups is 1. The van der Waals surface area contributed by atoms with Gasteiger partial charge >= 0.3 is 5.82 Å². The number of nitrogens with one attached hydrogen (secondary N) is 2. The molecule has 11 heteroatoms. The molecule has 0 atom stereocenters. The standard InChI is InChI=1S/C10H6BrN5O5/c11-7-8(13-14-9(7)16(20)21)10(17)12-5-1-3-6(4-2-5)15(18)19/h1-4H,(H,12,17)(H,13,14). The highest BCUT2D eigenvalue weighted by Crippen LogP contribution is 2.26. The van der Waals surface area contributed by atoms with Crippen molar-refractivity contribution in [2.24, 2.45) is 0 Å². The van der Waals surface area contributed by atoms with Crippen LogP contribution in [0.4, 0.5) is 17.2 Å². The maximum Gasteiger partial charge on any atom is 0.357 e. The second-order valence-corrected chi connectivity index (χ2v) is 4.54. The summed E-state index contributed by atoms with van der Waals surface area (Å²) in [5, 5.41) is 29.2. The van der Waals surface area contributed by atoms with E-state index in [0.29, 0.717) is 5.69 Å². The molecule has 2 N–H and O–H groups in total. The molecule has 1 aromatic heterocycles. The first kappa shape index (κ1) is 14.6. The number of H-pyrrole nitrogens is 1. The van der Waals surface area contributed by atoms with Crippen molar-refractivity contribution in [1.29, 1.82) is 0 Å². The molecule has 1 aromatic carbocycles. The van der Waals surface area contributed by atoms with Crippen molar-refractivity contribution in [3.63, 3.8) is 0 Å². The first-order valence-corrected chi connectivity index (χ1v) is 6.13. The van der Waals surface area contributed by atoms with Crippen LogP contribution in [0.1, 0.15) is 10.5 Å². The molecule has 108 valence electrons. The van der Waals surface area contributed by atoms with E-state index in [-0.39, 0.29) is 15.9 Å². The van der Waals surface area contributed by atoms with Crippen molar-refractivity contribution < 1.29 is 14.6 Å². The Morgan fingerprint density at radius 2 is 1.81 bits per heavy atom. The average molecular weight is 356 g/mol. The van der Waals surface area contributed by atoms with E-state index in [2.05, 4.69) is 31.4 Å². The zero-order chi connectivity index (χ0) is 15.6. The quantitative estimate of drug-likeness (QED) is 0.635. The molecule has 0 saturated carbocycles. The van der Waals surface area contributed by atoms with Crippen molar-refractivity contribution in [2.45, 2.75) is 0 Å². The van der Waals surface area contributed by atoms with Gasteiger partial charge in [-0.1, -0.05) is 5.10 Å². The van der Waals surface area contributed by atoms with Gasteiger partial charge in [-0.05, 0) is 33.0 Å². The minimum Gasteiger partial charge on any atom is -0.358 e. The molecule has 0 saturated heterocycles. The monoisotopic (exact) mass is 355 g/mol. The number of nitro groups is 2. The predicted molar refractivity (Wildman–Crippen MR) is 74.0 cm³/mol. The number of hydrogen-bond donors (Lipinski definition) is 2. The van der Waals surface area contributed by atoms with Crippen LogP contribution in [0.2, 0.25) is 0 Å². The molecule has 0 radical (unpaired) electrons. The van der Waals surface area contributed by atoms with Crippen molar-refractivity contribution in [3.8, 4) is 0 Å². The third kappa shape index (κ3) is 3.02. The van der Waals surface area contributed by atoms with E-state index in [0.717, 1.165) is 0 Å². The van der Waals surface area contributed by atoms with Gasteiger partial charge in [0.15, 0.2) is 5.69 Å². The van der Waals surface area contributed by atoms with E-state index in [4.69, 9.17) is 0 Å². The molecule has 0 unspecified atom stereocenters. The third-order valence-corrected chi connectivity index (χ3v) is 3.17. The van der Waals surface area contributed by atoms with Gasteiger partial charge in [0.25, 0.3) is 11.6 Å². The van der Waals surface area contributed by atoms with Crippen molar-refractivity contribution in [3.05, 3.63) is 54.7 Å². The topological polar surface area (TPSA) is 144 Å². The van der Waals surface area contributed by atoms with Gasteiger partial charge in [-0.2, -0.15) is 0 Å². The average Bonchev–Trinajstić information content (AvgIpc) is 2.81. The fourth-order valence-electron chi connectivity index (χ4n) is 1.45. The number of anilines is 1. The van der Waals surface area contributed by atoms with Gasteiger partial charge in [-0.15, -0.1) is 5.10 Å². The molecule has 21 heavy (non-hydrogen) atoms. The normalized spacial score (nSPS) is 10.1. The van der Waals surface area contributed by atoms with Crippen LogP contribution in [0.15, 0.2) is 28.7 Å². The number of aromatic amines is 1. The van der Waals surface area contributed by atoms with Crippen molar-refractivity contribution in [1.82, 2.24) is 10.2 Å². The maximum atomic E-state index is 11.9. The lowest BCUT2D eigenvalue weighted by atomic mass is 10.2. The number of carbonyl (C=O) groups excluding carboxylic acids is 1. The highest BCUT2D eigenvalue weighted by molar-refractivity contribution is 9.10. The number of nitrogens with zero attached hydrogens (tertiary/aromatic N) is 3. The minimum atomic E-state index is -0.722. The van der Waals surface area contributed by atoms with E-state index in [1.54, 1.807) is 0 Å². The van der Waals surface area contributed by atoms with Crippen LogP contribution in [0.5, 0.6) is 0 Å². The molecule has 0 spiro atoms. The SMILES string of the molecule is O=C(Nc1ccc([N+](=O)[O-])cc1)c1n[nH]c([N+](=O)[O-])c1Br. The number of non-ortho nitro benzene ring substituents is 1. The predicted octanol–water partition coefficient (Wildman–Crippen LogP) is 2.24. The number of nitro benzene ring substituents is 1. The van der Waals surface area contributed by atoms with Gasteiger partial charge in [0.1, 0.15) is 4.47 Å². The Morgan fingerprint density at radius 3 is 2.29 bits per heavy atom. The van der Waals surface area contributed by atoms with Gasteiger partial charge in [-0.3, -0.25) is 14.9 Å². The molecule has 1 heterocycles. The second-order valence-electron chi connectivity index (χ2n) is 3.75. The molecule has 0 aliphatic carbocycles. The van der Waals surface area contributed by atoms with Crippen LogP contribution >= 0.6 is 15.9 Å². The van der Waals surface area contributed by atoms with Gasteiger partial charge in [0.2, 0.25) is 0 Å². The summed E-state index contributed by atoms with van der Waals surface area (Å²) in [7, 11) is 0. The molecule has 10 nitrogen and oxygen atoms in total. The Labute approximate surface area is 124 Å². The fraction of sp³-hybridized carbons (Fsp3) is 0. The lowest BCUT2D eigenvalue weighted by Gasteiger charge is -2.02. The van der Waals surface area contributed by atoms with E-state index < -0.39 is 21.6 Å². The van der Waals surface area contributed by atoms with E-state index >= 15 is 0 Å². The molecule has 0 aliphatic heterocycles. The van der Waals surface area contributed by atoms with Gasteiger partial charge in [0, 0.05) is 17.8 Å². The number of aromatic nitrogens is 2. The Bertz CT molecular complexity index is 726. The second kappa shape index (κ2) is 5.66. The summed E-state index contributed by atoms with van der Waals surface area (Å²) in [6.45, 7) is 0. The lowest BCUT2D eigenvalue weighted by Crippen LogP contribution is -2.13. The Kier molecular flexibility index (Phi) is 3.93. The highest BCUT2D eigenvalue weighted by Gasteiger charge is 2.24. The first-order chi connectivity index (χ1) is 9.90. The molecule has 0 fully saturated rings. The number of halogens is 1. The molecular weight excluding hydrogens is 350 g/mol. The highest BCUT2D eigenvalue weighted by atomic mass is 79.9. The summed E-state index contributed by atoms with van der Waals surface area (Å²) in [5.74, 6) is -1.14. The Hall–Kier alpha value is -2.82. The van der Waals surface area contributed by atoms with E-state index in [1.807, 2.05) is 0 Å². The Balaban J connectivity index is 2.18. The van der Waals surface area contributed by atoms with Crippen LogP contribution in [0, 0.1) is 20.2 Å². The van der Waals surface area contributed by atoms with Gasteiger partial charge in [0.05, 0.1) is 4.92 Å². The van der Waals surface area contributed by atoms with Crippen LogP contribution < -0.4 is 5.32 Å². The molecule has 2 rings (SSSR count). The number of benzene rings is 1. The van der Waals surface area contributed by atoms with Crippen LogP contribution in [-0.4, -0.2) is 26.0 Å². The molecule has 0 bridgehead atoms. The largest absolute Gasteiger partial charge is 0.358 e. The number of amides is 1. The zero-order valence-electron chi connectivity index (χ0n) is 10.1. The molecule has 0 aliphatic rings. The molecule has 1 amide bonds. The van der Waals surface area contributed by atoms with Gasteiger partial charge < -0.3 is 15.4 Å². The summed E-state index contributed by atoms with van der Waals surface area (Å²) in [4.78, 5) is 31.7. The summed E-state index contributed by atoms with van der Waals surface area (Å²) in [5.41, 5.74) is -0.0206. The zero-order valence-corrected chi connectivity index (χ0v) is 11.7. The summed E-state index contributed by atoms with van der Waals surface area (Å²) in [6.07, 6.45) is 0. The number of hydrogen-bond acceptors (Lipinski definition) is 6. The van der Waals surface area contributed by atoms with E-state index in [1.165, 1.54) is 24.3 Å². The minimum absolute atomic E-state index is 0.0769. The molecule has 2 aromatic rings. The van der Waals surface area contributed by atoms with Crippen molar-refractivity contribution >= 4 is 39.0 Å². The summed E-state index contributed by atoms with van der Waals surface area (Å²) < 4.78 is -0.0769. The van der Waals surface area contributed by atoms with Crippen LogP contribution in [0.25, 0.3) is 0 Å². The Morgan fingerprint density at radius 1 is 1.19 bits per heavy atom. The third-order valence-electron chi connectivity index (χ3n) is 2.42. The van der Waals surface area contributed by atoms with Crippen molar-refractivity contribution in [2.75, 3.05) is 5.32 Å². The van der Waals surface area contributed by atoms with E-state index in [9.17, 15) is 25.0 Å². The van der Waals surface area contributed by atoms with Crippen LogP contribution in [-0.2, 0) is 0 Å². The lowest BCUT2D eigenvalue weighted by molar-refractivity contribution is -0.390. The maximum absolute atomic E-state index is 11.9. The molecular formula is C10H6BrN5O5. The van der Waals surface area contributed by atoms with Gasteiger partial charge in [-0.25, -0.2) is 0 Å². The summed E-state index contributed by atoms with van der Waals surface area (Å²) in [6, 6.07) is 5.12. The first-order valence-electron chi connectivity index (χ1n) is 5.34. The smallest absolute Gasteiger partial charge is 0.357 e. The van der Waals surface area contributed by atoms with Crippen LogP contribution in [0.3, 0.4) is 0 Å². The number of rotatable bonds is 4.